The molecule has 0 spiro atoms. The van der Waals surface area contributed by atoms with E-state index >= 15 is 0 Å². The van der Waals surface area contributed by atoms with E-state index < -0.39 is 0 Å². The monoisotopic (exact) mass is 149 g/mol. The molecule has 0 aliphatic carbocycles. The summed E-state index contributed by atoms with van der Waals surface area (Å²) < 4.78 is 6.79. The maximum atomic E-state index is 5.19. The van der Waals surface area contributed by atoms with Crippen LogP contribution in [0.2, 0.25) is 0 Å². The summed E-state index contributed by atoms with van der Waals surface area (Å²) in [6.45, 7) is 2.15. The maximum Gasteiger partial charge on any atom is 0.216 e. The summed E-state index contributed by atoms with van der Waals surface area (Å²) in [6.07, 6.45) is 7.80. The van der Waals surface area contributed by atoms with Crippen molar-refractivity contribution in [2.24, 2.45) is 7.05 Å². The van der Waals surface area contributed by atoms with Crippen molar-refractivity contribution in [1.82, 2.24) is 9.78 Å². The standard InChI is InChI=1S/C8H9N2O/c1-4-5-11-8-7(2)6-9-10(8)3/h1H,5H2,2-3H3. The number of aryl methyl sites for hydroxylation is 2. The van der Waals surface area contributed by atoms with Gasteiger partial charge in [-0.05, 0) is 6.92 Å². The summed E-state index contributed by atoms with van der Waals surface area (Å²) in [7, 11) is 1.79. The first-order chi connectivity index (χ1) is 5.25. The number of terminal acetylenes is 1. The molecule has 0 aromatic carbocycles. The third kappa shape index (κ3) is 1.53. The van der Waals surface area contributed by atoms with Crippen LogP contribution in [0.25, 0.3) is 0 Å². The maximum absolute atomic E-state index is 5.19. The summed E-state index contributed by atoms with van der Waals surface area (Å²) in [5.74, 6) is 3.07. The van der Waals surface area contributed by atoms with E-state index in [1.807, 2.05) is 6.92 Å². The molecule has 0 amide bonds. The molecular weight excluding hydrogens is 140 g/mol. The van der Waals surface area contributed by atoms with Crippen molar-refractivity contribution >= 4 is 0 Å². The Bertz CT molecular complexity index is 263. The highest BCUT2D eigenvalue weighted by Gasteiger charge is 2.03. The molecule has 3 nitrogen and oxygen atoms in total. The molecular formula is C8H9N2O. The van der Waals surface area contributed by atoms with Crippen LogP contribution in [0.5, 0.6) is 5.88 Å². The van der Waals surface area contributed by atoms with E-state index in [0.29, 0.717) is 5.88 Å². The minimum absolute atomic E-state index is 0.272. The van der Waals surface area contributed by atoms with Gasteiger partial charge in [0.15, 0.2) is 6.61 Å². The van der Waals surface area contributed by atoms with Crippen molar-refractivity contribution in [2.45, 2.75) is 6.92 Å². The first-order valence-electron chi connectivity index (χ1n) is 3.23. The molecule has 3 heteroatoms. The van der Waals surface area contributed by atoms with E-state index in [-0.39, 0.29) is 6.61 Å². The second kappa shape index (κ2) is 3.11. The molecule has 0 bridgehead atoms. The Labute approximate surface area is 66.0 Å². The highest BCUT2D eigenvalue weighted by atomic mass is 16.5. The van der Waals surface area contributed by atoms with E-state index in [9.17, 15) is 0 Å². The Morgan fingerprint density at radius 1 is 1.82 bits per heavy atom. The van der Waals surface area contributed by atoms with Crippen molar-refractivity contribution in [3.05, 3.63) is 11.8 Å². The summed E-state index contributed by atoms with van der Waals surface area (Å²) in [5, 5.41) is 3.87. The van der Waals surface area contributed by atoms with Crippen molar-refractivity contribution in [3.8, 4) is 18.2 Å². The van der Waals surface area contributed by atoms with Crippen LogP contribution >= 0.6 is 0 Å². The van der Waals surface area contributed by atoms with E-state index in [1.165, 1.54) is 0 Å². The fourth-order valence-corrected chi connectivity index (χ4v) is 0.798. The number of nitrogens with zero attached hydrogens (tertiary/aromatic N) is 2. The Balaban J connectivity index is 2.77. The molecule has 1 aromatic heterocycles. The molecule has 0 unspecified atom stereocenters. The second-order valence-corrected chi connectivity index (χ2v) is 2.16. The zero-order chi connectivity index (χ0) is 8.27. The minimum atomic E-state index is 0.272. The highest BCUT2D eigenvalue weighted by molar-refractivity contribution is 5.21. The average molecular weight is 149 g/mol. The molecule has 0 aliphatic rings. The van der Waals surface area contributed by atoms with Gasteiger partial charge in [-0.25, -0.2) is 4.68 Å². The lowest BCUT2D eigenvalue weighted by Crippen LogP contribution is -2.01. The van der Waals surface area contributed by atoms with Gasteiger partial charge in [0.2, 0.25) is 5.88 Å². The van der Waals surface area contributed by atoms with Gasteiger partial charge in [-0.3, -0.25) is 0 Å². The normalized spacial score (nSPS) is 9.18. The Kier molecular flexibility index (Phi) is 2.17. The molecule has 1 radical (unpaired) electrons. The van der Waals surface area contributed by atoms with Gasteiger partial charge in [0.25, 0.3) is 0 Å². The van der Waals surface area contributed by atoms with Gasteiger partial charge in [0.05, 0.1) is 0 Å². The number of rotatable bonds is 2. The topological polar surface area (TPSA) is 27.1 Å². The number of hydrogen-bond acceptors (Lipinski definition) is 2. The van der Waals surface area contributed by atoms with Crippen LogP contribution in [0.4, 0.5) is 0 Å². The van der Waals surface area contributed by atoms with Gasteiger partial charge in [0, 0.05) is 12.6 Å². The molecule has 1 rings (SSSR count). The van der Waals surface area contributed by atoms with Gasteiger partial charge in [-0.1, -0.05) is 5.92 Å². The predicted octanol–water partition coefficient (Wildman–Crippen LogP) is 0.541. The first kappa shape index (κ1) is 7.67. The zero-order valence-corrected chi connectivity index (χ0v) is 6.59. The lowest BCUT2D eigenvalue weighted by Gasteiger charge is -2.02. The smallest absolute Gasteiger partial charge is 0.216 e. The van der Waals surface area contributed by atoms with E-state index in [2.05, 4.69) is 17.2 Å². The fourth-order valence-electron chi connectivity index (χ4n) is 0.798. The number of aromatic nitrogens is 2. The van der Waals surface area contributed by atoms with E-state index in [4.69, 9.17) is 11.2 Å². The van der Waals surface area contributed by atoms with Crippen molar-refractivity contribution < 1.29 is 4.74 Å². The molecule has 0 saturated carbocycles. The number of hydrogen-bond donors (Lipinski definition) is 0. The quantitative estimate of drug-likeness (QED) is 0.574. The van der Waals surface area contributed by atoms with Crippen molar-refractivity contribution in [1.29, 1.82) is 0 Å². The van der Waals surface area contributed by atoms with Crippen LogP contribution in [-0.4, -0.2) is 16.4 Å². The Morgan fingerprint density at radius 2 is 2.55 bits per heavy atom. The second-order valence-electron chi connectivity index (χ2n) is 2.16. The van der Waals surface area contributed by atoms with Crippen LogP contribution in [0.1, 0.15) is 5.56 Å². The van der Waals surface area contributed by atoms with Gasteiger partial charge in [-0.2, -0.15) is 5.10 Å². The first-order valence-corrected chi connectivity index (χ1v) is 3.23. The Morgan fingerprint density at radius 3 is 3.00 bits per heavy atom. The third-order valence-corrected chi connectivity index (χ3v) is 1.27. The lowest BCUT2D eigenvalue weighted by molar-refractivity contribution is 0.333. The highest BCUT2D eigenvalue weighted by Crippen LogP contribution is 2.13. The molecule has 0 atom stereocenters. The molecule has 0 aliphatic heterocycles. The van der Waals surface area contributed by atoms with Gasteiger partial charge in [0.1, 0.15) is 6.20 Å². The van der Waals surface area contributed by atoms with Crippen LogP contribution in [0.3, 0.4) is 0 Å². The van der Waals surface area contributed by atoms with E-state index in [1.54, 1.807) is 11.7 Å². The van der Waals surface area contributed by atoms with Crippen LogP contribution < -0.4 is 4.74 Å². The Hall–Kier alpha value is -1.43. The SMILES string of the molecule is C#CCOc1c(C)[c]nn1C. The van der Waals surface area contributed by atoms with Gasteiger partial charge < -0.3 is 4.74 Å². The van der Waals surface area contributed by atoms with Crippen LogP contribution in [0, 0.1) is 25.5 Å². The van der Waals surface area contributed by atoms with E-state index in [0.717, 1.165) is 5.56 Å². The lowest BCUT2D eigenvalue weighted by atomic mass is 10.4. The third-order valence-electron chi connectivity index (χ3n) is 1.27. The van der Waals surface area contributed by atoms with Crippen LogP contribution in [-0.2, 0) is 7.05 Å². The minimum Gasteiger partial charge on any atom is -0.464 e. The molecule has 57 valence electrons. The predicted molar refractivity (Wildman–Crippen MR) is 41.1 cm³/mol. The number of ether oxygens (including phenoxy) is 1. The van der Waals surface area contributed by atoms with Crippen LogP contribution in [0.15, 0.2) is 0 Å². The molecule has 1 aromatic rings. The average Bonchev–Trinajstić information content (AvgIpc) is 2.29. The molecule has 11 heavy (non-hydrogen) atoms. The molecule has 0 N–H and O–H groups in total. The summed E-state index contributed by atoms with van der Waals surface area (Å²) in [6, 6.07) is 0. The van der Waals surface area contributed by atoms with Gasteiger partial charge in [-0.15, -0.1) is 6.42 Å². The summed E-state index contributed by atoms with van der Waals surface area (Å²) in [5.41, 5.74) is 0.878. The fraction of sp³-hybridized carbons (Fsp3) is 0.375. The molecule has 0 saturated heterocycles. The van der Waals surface area contributed by atoms with Gasteiger partial charge >= 0.3 is 0 Å². The molecule has 0 fully saturated rings. The van der Waals surface area contributed by atoms with Crippen molar-refractivity contribution in [3.63, 3.8) is 0 Å². The molecule has 1 heterocycles. The summed E-state index contributed by atoms with van der Waals surface area (Å²) >= 11 is 0. The largest absolute Gasteiger partial charge is 0.464 e. The van der Waals surface area contributed by atoms with Crippen molar-refractivity contribution in [2.75, 3.05) is 6.61 Å². The summed E-state index contributed by atoms with van der Waals surface area (Å²) in [4.78, 5) is 0. The zero-order valence-electron chi connectivity index (χ0n) is 6.59.